The minimum absolute atomic E-state index is 0.232. The Morgan fingerprint density at radius 2 is 1.88 bits per heavy atom. The van der Waals surface area contributed by atoms with E-state index in [4.69, 9.17) is 0 Å². The molecule has 0 bridgehead atoms. The van der Waals surface area contributed by atoms with Crippen LogP contribution in [0.2, 0.25) is 0 Å². The summed E-state index contributed by atoms with van der Waals surface area (Å²) in [7, 11) is 1.44. The van der Waals surface area contributed by atoms with Crippen LogP contribution in [0.15, 0.2) is 0 Å². The van der Waals surface area contributed by atoms with E-state index in [1.807, 2.05) is 0 Å². The molecule has 0 atom stereocenters. The van der Waals surface area contributed by atoms with E-state index in [9.17, 15) is 9.59 Å². The second-order valence-corrected chi connectivity index (χ2v) is 2.25. The summed E-state index contributed by atoms with van der Waals surface area (Å²) in [5, 5.41) is 0. The van der Waals surface area contributed by atoms with Gasteiger partial charge in [-0.1, -0.05) is 0 Å². The molecule has 0 aliphatic heterocycles. The molecule has 0 spiro atoms. The highest BCUT2D eigenvalue weighted by Gasteiger charge is 2.06. The van der Waals surface area contributed by atoms with Crippen LogP contribution in [0.1, 0.15) is 6.92 Å². The zero-order valence-electron chi connectivity index (χ0n) is 4.64. The van der Waals surface area contributed by atoms with Gasteiger partial charge in [-0.25, -0.2) is 0 Å². The largest absolute Gasteiger partial charge is 0.289 e. The van der Waals surface area contributed by atoms with Crippen molar-refractivity contribution in [1.82, 2.24) is 4.90 Å². The van der Waals surface area contributed by atoms with Crippen molar-refractivity contribution >= 4 is 32.4 Å². The normalized spacial score (nSPS) is 8.38. The van der Waals surface area contributed by atoms with Gasteiger partial charge < -0.3 is 0 Å². The van der Waals surface area contributed by atoms with Crippen LogP contribution in [0.25, 0.3) is 0 Å². The summed E-state index contributed by atoms with van der Waals surface area (Å²) in [6, 6.07) is 0. The molecule has 0 aliphatic carbocycles. The van der Waals surface area contributed by atoms with Crippen LogP contribution < -0.4 is 0 Å². The van der Waals surface area contributed by atoms with Crippen LogP contribution in [0.4, 0.5) is 4.79 Å². The summed E-state index contributed by atoms with van der Waals surface area (Å²) < 4.78 is -0.255. The fourth-order valence-electron chi connectivity index (χ4n) is 0.124. The number of carbonyl (C=O) groups excluding carboxylic acids is 2. The van der Waals surface area contributed by atoms with Gasteiger partial charge in [-0.15, -0.1) is 0 Å². The van der Waals surface area contributed by atoms with Gasteiger partial charge in [-0.3, -0.25) is 14.5 Å². The van der Waals surface area contributed by atoms with Crippen molar-refractivity contribution in [2.45, 2.75) is 6.92 Å². The minimum atomic E-state index is -0.255. The molecule has 0 saturated heterocycles. The number of nitrogens with zero attached hydrogens (tertiary/aromatic N) is 1. The summed E-state index contributed by atoms with van der Waals surface area (Å²) in [4.78, 5) is 21.6. The van der Waals surface area contributed by atoms with Gasteiger partial charge in [0.15, 0.2) is 0 Å². The van der Waals surface area contributed by atoms with Gasteiger partial charge in [0.2, 0.25) is 5.91 Å². The molecule has 0 fully saturated rings. The molecule has 0 aliphatic rings. The topological polar surface area (TPSA) is 37.4 Å². The molecule has 46 valence electrons. The van der Waals surface area contributed by atoms with E-state index >= 15 is 0 Å². The first-order chi connectivity index (χ1) is 3.55. The molecule has 0 radical (unpaired) electrons. The average molecular weight is 227 g/mol. The predicted molar refractivity (Wildman–Crippen MR) is 37.9 cm³/mol. The molecule has 2 amide bonds. The molecule has 0 aromatic rings. The van der Waals surface area contributed by atoms with Crippen molar-refractivity contribution < 1.29 is 9.59 Å². The quantitative estimate of drug-likeness (QED) is 0.352. The number of hydrogen-bond acceptors (Lipinski definition) is 2. The summed E-state index contributed by atoms with van der Waals surface area (Å²) in [5.41, 5.74) is 0. The van der Waals surface area contributed by atoms with E-state index in [2.05, 4.69) is 0 Å². The van der Waals surface area contributed by atoms with Crippen LogP contribution in [-0.2, 0) is 4.79 Å². The molecule has 0 heterocycles. The third-order valence-corrected chi connectivity index (χ3v) is 1.46. The van der Waals surface area contributed by atoms with Gasteiger partial charge in [0.1, 0.15) is 0 Å². The maximum absolute atomic E-state index is 10.3. The lowest BCUT2D eigenvalue weighted by molar-refractivity contribution is -0.124. The van der Waals surface area contributed by atoms with Crippen LogP contribution >= 0.6 is 22.6 Å². The number of imide groups is 1. The van der Waals surface area contributed by atoms with Crippen molar-refractivity contribution in [3.05, 3.63) is 0 Å². The number of hydrogen-bond donors (Lipinski definition) is 0. The average Bonchev–Trinajstić information content (AvgIpc) is 1.64. The lowest BCUT2D eigenvalue weighted by atomic mass is 10.6. The number of amides is 2. The number of rotatable bonds is 0. The van der Waals surface area contributed by atoms with Gasteiger partial charge in [0.25, 0.3) is 3.91 Å². The Labute approximate surface area is 61.2 Å². The molecule has 0 aromatic heterocycles. The highest BCUT2D eigenvalue weighted by Crippen LogP contribution is 1.94. The Morgan fingerprint density at radius 1 is 1.50 bits per heavy atom. The molecule has 0 N–H and O–H groups in total. The zero-order valence-corrected chi connectivity index (χ0v) is 6.80. The first-order valence-electron chi connectivity index (χ1n) is 1.99. The molecular formula is C4H6INO2. The molecule has 3 nitrogen and oxygen atoms in total. The van der Waals surface area contributed by atoms with E-state index in [1.54, 1.807) is 22.6 Å². The van der Waals surface area contributed by atoms with Crippen LogP contribution in [0, 0.1) is 0 Å². The number of halogens is 1. The molecule has 0 rings (SSSR count). The molecule has 0 saturated carbocycles. The highest BCUT2D eigenvalue weighted by atomic mass is 127. The standard InChI is InChI=1S/C4H6INO2/c1-3(7)6(2)4(5)8/h1-2H3. The first-order valence-corrected chi connectivity index (χ1v) is 3.07. The summed E-state index contributed by atoms with van der Waals surface area (Å²) in [6.45, 7) is 1.34. The SMILES string of the molecule is CC(=O)N(C)C(=O)I. The summed E-state index contributed by atoms with van der Waals surface area (Å²) >= 11 is 1.55. The van der Waals surface area contributed by atoms with E-state index in [-0.39, 0.29) is 9.82 Å². The molecular weight excluding hydrogens is 221 g/mol. The van der Waals surface area contributed by atoms with Crippen LogP contribution in [0.3, 0.4) is 0 Å². The van der Waals surface area contributed by atoms with E-state index < -0.39 is 0 Å². The van der Waals surface area contributed by atoms with Crippen molar-refractivity contribution in [2.24, 2.45) is 0 Å². The lowest BCUT2D eigenvalue weighted by Crippen LogP contribution is -2.25. The fraction of sp³-hybridized carbons (Fsp3) is 0.500. The van der Waals surface area contributed by atoms with Crippen LogP contribution in [-0.4, -0.2) is 21.8 Å². The van der Waals surface area contributed by atoms with E-state index in [1.165, 1.54) is 14.0 Å². The fourth-order valence-corrected chi connectivity index (χ4v) is 0.463. The number of carbonyl (C=O) groups is 2. The Hall–Kier alpha value is -0.130. The van der Waals surface area contributed by atoms with E-state index in [0.29, 0.717) is 0 Å². The lowest BCUT2D eigenvalue weighted by Gasteiger charge is -2.05. The zero-order chi connectivity index (χ0) is 6.73. The molecule has 0 unspecified atom stereocenters. The predicted octanol–water partition coefficient (Wildman–Crippen LogP) is 1.02. The van der Waals surface area contributed by atoms with Gasteiger partial charge in [-0.05, 0) is 0 Å². The Bertz CT molecular complexity index is 109. The summed E-state index contributed by atoms with van der Waals surface area (Å²) in [5.74, 6) is -0.232. The Balaban J connectivity index is 3.83. The second kappa shape index (κ2) is 3.01. The van der Waals surface area contributed by atoms with Crippen molar-refractivity contribution in [1.29, 1.82) is 0 Å². The van der Waals surface area contributed by atoms with Gasteiger partial charge in [0.05, 0.1) is 0 Å². The third kappa shape index (κ3) is 2.25. The minimum Gasteiger partial charge on any atom is -0.277 e. The molecule has 0 aromatic carbocycles. The van der Waals surface area contributed by atoms with Gasteiger partial charge >= 0.3 is 0 Å². The van der Waals surface area contributed by atoms with Crippen molar-refractivity contribution in [3.8, 4) is 0 Å². The molecule has 8 heavy (non-hydrogen) atoms. The van der Waals surface area contributed by atoms with E-state index in [0.717, 1.165) is 4.90 Å². The van der Waals surface area contributed by atoms with Crippen molar-refractivity contribution in [2.75, 3.05) is 7.05 Å². The Morgan fingerprint density at radius 3 is 1.88 bits per heavy atom. The maximum Gasteiger partial charge on any atom is 0.289 e. The van der Waals surface area contributed by atoms with Crippen LogP contribution in [0.5, 0.6) is 0 Å². The maximum atomic E-state index is 10.3. The second-order valence-electron chi connectivity index (χ2n) is 1.33. The van der Waals surface area contributed by atoms with Gasteiger partial charge in [-0.2, -0.15) is 0 Å². The van der Waals surface area contributed by atoms with Gasteiger partial charge in [0, 0.05) is 36.6 Å². The Kier molecular flexibility index (Phi) is 2.96. The van der Waals surface area contributed by atoms with Crippen molar-refractivity contribution in [3.63, 3.8) is 0 Å². The smallest absolute Gasteiger partial charge is 0.277 e. The highest BCUT2D eigenvalue weighted by molar-refractivity contribution is 14.1. The third-order valence-electron chi connectivity index (χ3n) is 0.736. The monoisotopic (exact) mass is 227 g/mol. The molecule has 4 heteroatoms. The first kappa shape index (κ1) is 7.87. The summed E-state index contributed by atoms with van der Waals surface area (Å²) in [6.07, 6.45) is 0.